The van der Waals surface area contributed by atoms with Crippen molar-refractivity contribution in [1.29, 1.82) is 0 Å². The van der Waals surface area contributed by atoms with E-state index in [1.54, 1.807) is 12.1 Å². The van der Waals surface area contributed by atoms with Gasteiger partial charge in [-0.05, 0) is 11.6 Å². The van der Waals surface area contributed by atoms with E-state index in [1.807, 2.05) is 0 Å². The molecule has 0 aromatic heterocycles. The first-order valence-corrected chi connectivity index (χ1v) is 4.81. The lowest BCUT2D eigenvalue weighted by Gasteiger charge is -2.28. The summed E-state index contributed by atoms with van der Waals surface area (Å²) in [4.78, 5) is 11.2. The van der Waals surface area contributed by atoms with Gasteiger partial charge in [0.15, 0.2) is 0 Å². The van der Waals surface area contributed by atoms with Crippen molar-refractivity contribution in [2.75, 3.05) is 20.2 Å². The zero-order valence-corrected chi connectivity index (χ0v) is 8.42. The number of hydrogen-bond acceptors (Lipinski definition) is 3. The molecule has 1 aliphatic rings. The highest BCUT2D eigenvalue weighted by Crippen LogP contribution is 2.24. The molecule has 1 aliphatic heterocycles. The molecule has 0 unspecified atom stereocenters. The fourth-order valence-electron chi connectivity index (χ4n) is 1.64. The van der Waals surface area contributed by atoms with E-state index in [0.717, 1.165) is 13.1 Å². The summed E-state index contributed by atoms with van der Waals surface area (Å²) in [6.45, 7) is 1.53. The van der Waals surface area contributed by atoms with Crippen LogP contribution in [-0.2, 0) is 4.74 Å². The van der Waals surface area contributed by atoms with Crippen LogP contribution in [0.25, 0.3) is 0 Å². The van der Waals surface area contributed by atoms with Crippen molar-refractivity contribution in [2.45, 2.75) is 5.92 Å². The summed E-state index contributed by atoms with van der Waals surface area (Å²) in [6, 6.07) is 4.84. The molecule has 1 N–H and O–H groups in total. The molecule has 0 amide bonds. The molecule has 15 heavy (non-hydrogen) atoms. The largest absolute Gasteiger partial charge is 0.465 e. The molecule has 1 fully saturated rings. The molecular weight excluding hydrogens is 197 g/mol. The van der Waals surface area contributed by atoms with Crippen LogP contribution in [0.2, 0.25) is 0 Å². The van der Waals surface area contributed by atoms with Gasteiger partial charge in [0.1, 0.15) is 5.82 Å². The number of carbonyl (C=O) groups is 1. The quantitative estimate of drug-likeness (QED) is 0.746. The Morgan fingerprint density at radius 1 is 1.53 bits per heavy atom. The van der Waals surface area contributed by atoms with Gasteiger partial charge in [0.2, 0.25) is 0 Å². The van der Waals surface area contributed by atoms with Gasteiger partial charge in [-0.25, -0.2) is 9.18 Å². The van der Waals surface area contributed by atoms with Crippen molar-refractivity contribution >= 4 is 5.97 Å². The second kappa shape index (κ2) is 3.98. The molecule has 4 heteroatoms. The van der Waals surface area contributed by atoms with Crippen LogP contribution in [0, 0.1) is 5.82 Å². The fourth-order valence-corrected chi connectivity index (χ4v) is 1.64. The van der Waals surface area contributed by atoms with Gasteiger partial charge in [-0.15, -0.1) is 0 Å². The van der Waals surface area contributed by atoms with Gasteiger partial charge in [0.05, 0.1) is 12.7 Å². The molecule has 0 atom stereocenters. The first-order valence-electron chi connectivity index (χ1n) is 4.81. The summed E-state index contributed by atoms with van der Waals surface area (Å²) in [5.74, 6) is -0.896. The van der Waals surface area contributed by atoms with Crippen LogP contribution >= 0.6 is 0 Å². The molecule has 2 rings (SSSR count). The highest BCUT2D eigenvalue weighted by molar-refractivity contribution is 5.89. The summed E-state index contributed by atoms with van der Waals surface area (Å²) in [5, 5.41) is 3.07. The SMILES string of the molecule is COC(=O)c1cccc(C2CNC2)c1F. The Labute approximate surface area is 87.2 Å². The summed E-state index contributed by atoms with van der Waals surface area (Å²) in [5.41, 5.74) is 0.610. The normalized spacial score (nSPS) is 15.9. The Hall–Kier alpha value is -1.42. The van der Waals surface area contributed by atoms with Crippen molar-refractivity contribution in [3.63, 3.8) is 0 Å². The van der Waals surface area contributed by atoms with Gasteiger partial charge in [0.25, 0.3) is 0 Å². The number of nitrogens with one attached hydrogen (secondary N) is 1. The smallest absolute Gasteiger partial charge is 0.340 e. The minimum Gasteiger partial charge on any atom is -0.465 e. The minimum atomic E-state index is -0.623. The van der Waals surface area contributed by atoms with E-state index in [1.165, 1.54) is 13.2 Å². The van der Waals surface area contributed by atoms with Gasteiger partial charge in [0, 0.05) is 19.0 Å². The Bertz CT molecular complexity index is 388. The summed E-state index contributed by atoms with van der Waals surface area (Å²) < 4.78 is 18.4. The number of hydrogen-bond donors (Lipinski definition) is 1. The number of halogens is 1. The van der Waals surface area contributed by atoms with Crippen LogP contribution in [0.15, 0.2) is 18.2 Å². The second-order valence-electron chi connectivity index (χ2n) is 3.56. The van der Waals surface area contributed by atoms with E-state index in [4.69, 9.17) is 0 Å². The number of rotatable bonds is 2. The molecular formula is C11H12FNO2. The van der Waals surface area contributed by atoms with Crippen molar-refractivity contribution in [2.24, 2.45) is 0 Å². The van der Waals surface area contributed by atoms with Gasteiger partial charge >= 0.3 is 5.97 Å². The molecule has 1 aromatic rings. The van der Waals surface area contributed by atoms with Crippen LogP contribution < -0.4 is 5.32 Å². The predicted octanol–water partition coefficient (Wildman–Crippen LogP) is 1.30. The number of methoxy groups -OCH3 is 1. The van der Waals surface area contributed by atoms with Crippen LogP contribution in [0.3, 0.4) is 0 Å². The molecule has 1 saturated heterocycles. The van der Waals surface area contributed by atoms with Crippen LogP contribution in [0.1, 0.15) is 21.8 Å². The minimum absolute atomic E-state index is 0.0156. The average molecular weight is 209 g/mol. The van der Waals surface area contributed by atoms with E-state index in [0.29, 0.717) is 5.56 Å². The Balaban J connectivity index is 2.36. The third kappa shape index (κ3) is 1.72. The lowest BCUT2D eigenvalue weighted by atomic mass is 9.92. The molecule has 80 valence electrons. The maximum atomic E-state index is 13.9. The highest BCUT2D eigenvalue weighted by Gasteiger charge is 2.25. The molecule has 1 heterocycles. The van der Waals surface area contributed by atoms with Crippen molar-refractivity contribution in [3.05, 3.63) is 35.1 Å². The molecule has 0 aliphatic carbocycles. The van der Waals surface area contributed by atoms with Gasteiger partial charge in [-0.1, -0.05) is 12.1 Å². The standard InChI is InChI=1S/C11H12FNO2/c1-15-11(14)9-4-2-3-8(10(9)12)7-5-13-6-7/h2-4,7,13H,5-6H2,1H3. The third-order valence-corrected chi connectivity index (χ3v) is 2.66. The lowest BCUT2D eigenvalue weighted by molar-refractivity contribution is 0.0595. The average Bonchev–Trinajstić information content (AvgIpc) is 2.17. The molecule has 1 aromatic carbocycles. The molecule has 3 nitrogen and oxygen atoms in total. The van der Waals surface area contributed by atoms with Crippen molar-refractivity contribution < 1.29 is 13.9 Å². The molecule has 0 bridgehead atoms. The zero-order chi connectivity index (χ0) is 10.8. The zero-order valence-electron chi connectivity index (χ0n) is 8.42. The summed E-state index contributed by atoms with van der Waals surface area (Å²) in [6.07, 6.45) is 0. The third-order valence-electron chi connectivity index (χ3n) is 2.66. The van der Waals surface area contributed by atoms with E-state index in [-0.39, 0.29) is 11.5 Å². The van der Waals surface area contributed by atoms with E-state index >= 15 is 0 Å². The maximum absolute atomic E-state index is 13.9. The lowest BCUT2D eigenvalue weighted by Crippen LogP contribution is -2.40. The summed E-state index contributed by atoms with van der Waals surface area (Å²) in [7, 11) is 1.25. The van der Waals surface area contributed by atoms with Gasteiger partial charge < -0.3 is 10.1 Å². The monoisotopic (exact) mass is 209 g/mol. The number of benzene rings is 1. The van der Waals surface area contributed by atoms with Crippen LogP contribution in [0.5, 0.6) is 0 Å². The second-order valence-corrected chi connectivity index (χ2v) is 3.56. The van der Waals surface area contributed by atoms with Crippen LogP contribution in [0.4, 0.5) is 4.39 Å². The number of esters is 1. The molecule has 0 spiro atoms. The first-order chi connectivity index (χ1) is 7.24. The topological polar surface area (TPSA) is 38.3 Å². The van der Waals surface area contributed by atoms with Crippen LogP contribution in [-0.4, -0.2) is 26.2 Å². The van der Waals surface area contributed by atoms with Gasteiger partial charge in [-0.3, -0.25) is 0 Å². The number of ether oxygens (including phenoxy) is 1. The van der Waals surface area contributed by atoms with E-state index in [9.17, 15) is 9.18 Å². The number of carbonyl (C=O) groups excluding carboxylic acids is 1. The van der Waals surface area contributed by atoms with Crippen molar-refractivity contribution in [3.8, 4) is 0 Å². The Morgan fingerprint density at radius 2 is 2.27 bits per heavy atom. The Morgan fingerprint density at radius 3 is 2.80 bits per heavy atom. The van der Waals surface area contributed by atoms with E-state index in [2.05, 4.69) is 10.1 Å². The van der Waals surface area contributed by atoms with Crippen molar-refractivity contribution in [1.82, 2.24) is 5.32 Å². The predicted molar refractivity (Wildman–Crippen MR) is 53.4 cm³/mol. The van der Waals surface area contributed by atoms with Gasteiger partial charge in [-0.2, -0.15) is 0 Å². The first kappa shape index (κ1) is 10.1. The highest BCUT2D eigenvalue weighted by atomic mass is 19.1. The molecule has 0 radical (unpaired) electrons. The molecule has 0 saturated carbocycles. The maximum Gasteiger partial charge on any atom is 0.340 e. The summed E-state index contributed by atoms with van der Waals surface area (Å²) >= 11 is 0. The van der Waals surface area contributed by atoms with E-state index < -0.39 is 11.8 Å². The fraction of sp³-hybridized carbons (Fsp3) is 0.364. The Kier molecular flexibility index (Phi) is 2.68.